The molecule has 2 heteroatoms. The summed E-state index contributed by atoms with van der Waals surface area (Å²) >= 11 is 0. The van der Waals surface area contributed by atoms with E-state index in [0.717, 1.165) is 5.82 Å². The molecule has 1 aliphatic heterocycles. The maximum atomic E-state index is 4.43. The van der Waals surface area contributed by atoms with Crippen LogP contribution in [0.3, 0.4) is 0 Å². The number of hydrogen-bond acceptors (Lipinski definition) is 2. The van der Waals surface area contributed by atoms with Gasteiger partial charge in [0.15, 0.2) is 0 Å². The Labute approximate surface area is 92.3 Å². The Balaban J connectivity index is 1.99. The van der Waals surface area contributed by atoms with Gasteiger partial charge in [0.25, 0.3) is 0 Å². The normalized spacial score (nSPS) is 19.1. The van der Waals surface area contributed by atoms with E-state index < -0.39 is 0 Å². The molecule has 0 amide bonds. The summed E-state index contributed by atoms with van der Waals surface area (Å²) < 4.78 is 0. The lowest BCUT2D eigenvalue weighted by molar-refractivity contribution is 0.636. The highest BCUT2D eigenvalue weighted by Crippen LogP contribution is 2.16. The first-order valence-electron chi connectivity index (χ1n) is 6.13. The van der Waals surface area contributed by atoms with Crippen LogP contribution in [0.2, 0.25) is 0 Å². The minimum atomic E-state index is 1.15. The summed E-state index contributed by atoms with van der Waals surface area (Å²) in [6, 6.07) is 6.19. The summed E-state index contributed by atoms with van der Waals surface area (Å²) in [6.45, 7) is 2.36. The Morgan fingerprint density at radius 3 is 2.13 bits per heavy atom. The van der Waals surface area contributed by atoms with Crippen LogP contribution in [0, 0.1) is 0 Å². The van der Waals surface area contributed by atoms with Crippen molar-refractivity contribution in [1.29, 1.82) is 0 Å². The first-order valence-corrected chi connectivity index (χ1v) is 6.13. The second kappa shape index (κ2) is 5.74. The fourth-order valence-corrected chi connectivity index (χ4v) is 2.19. The molecule has 2 heterocycles. The molecule has 1 aliphatic rings. The molecular formula is C13H20N2. The highest BCUT2D eigenvalue weighted by molar-refractivity contribution is 5.37. The van der Waals surface area contributed by atoms with Gasteiger partial charge in [0.1, 0.15) is 5.82 Å². The minimum Gasteiger partial charge on any atom is -0.357 e. The van der Waals surface area contributed by atoms with Gasteiger partial charge < -0.3 is 4.90 Å². The average molecular weight is 204 g/mol. The van der Waals surface area contributed by atoms with Crippen LogP contribution in [0.15, 0.2) is 24.4 Å². The van der Waals surface area contributed by atoms with E-state index in [1.54, 1.807) is 0 Å². The molecule has 1 aromatic rings. The van der Waals surface area contributed by atoms with Crippen molar-refractivity contribution in [2.24, 2.45) is 0 Å². The molecule has 15 heavy (non-hydrogen) atoms. The second-order valence-electron chi connectivity index (χ2n) is 4.30. The van der Waals surface area contributed by atoms with Crippen LogP contribution >= 0.6 is 0 Å². The molecule has 0 radical (unpaired) electrons. The van der Waals surface area contributed by atoms with E-state index in [9.17, 15) is 0 Å². The lowest BCUT2D eigenvalue weighted by Crippen LogP contribution is -2.26. The van der Waals surface area contributed by atoms with E-state index in [1.807, 2.05) is 12.3 Å². The molecule has 0 unspecified atom stereocenters. The Kier molecular flexibility index (Phi) is 4.01. The minimum absolute atomic E-state index is 1.15. The van der Waals surface area contributed by atoms with Crippen molar-refractivity contribution in [3.8, 4) is 0 Å². The number of anilines is 1. The van der Waals surface area contributed by atoms with E-state index in [0.29, 0.717) is 0 Å². The summed E-state index contributed by atoms with van der Waals surface area (Å²) in [5.74, 6) is 1.15. The molecule has 0 atom stereocenters. The summed E-state index contributed by atoms with van der Waals surface area (Å²) in [7, 11) is 0. The Bertz CT molecular complexity index is 261. The van der Waals surface area contributed by atoms with Crippen LogP contribution in [0.1, 0.15) is 38.5 Å². The van der Waals surface area contributed by atoms with Crippen LogP contribution < -0.4 is 4.90 Å². The van der Waals surface area contributed by atoms with E-state index in [1.165, 1.54) is 51.6 Å². The Morgan fingerprint density at radius 1 is 0.867 bits per heavy atom. The van der Waals surface area contributed by atoms with Crippen molar-refractivity contribution in [2.75, 3.05) is 18.0 Å². The smallest absolute Gasteiger partial charge is 0.128 e. The monoisotopic (exact) mass is 204 g/mol. The predicted molar refractivity (Wildman–Crippen MR) is 64.2 cm³/mol. The number of rotatable bonds is 1. The fourth-order valence-electron chi connectivity index (χ4n) is 2.19. The highest BCUT2D eigenvalue weighted by Gasteiger charge is 2.08. The van der Waals surface area contributed by atoms with Crippen molar-refractivity contribution < 1.29 is 0 Å². The van der Waals surface area contributed by atoms with Gasteiger partial charge in [0.2, 0.25) is 0 Å². The number of pyridine rings is 1. The van der Waals surface area contributed by atoms with E-state index in [4.69, 9.17) is 0 Å². The topological polar surface area (TPSA) is 16.1 Å². The third-order valence-electron chi connectivity index (χ3n) is 3.08. The van der Waals surface area contributed by atoms with E-state index >= 15 is 0 Å². The molecule has 1 saturated heterocycles. The molecule has 1 aromatic heterocycles. The maximum absolute atomic E-state index is 4.43. The highest BCUT2D eigenvalue weighted by atomic mass is 15.2. The molecular weight excluding hydrogens is 184 g/mol. The molecule has 0 aliphatic carbocycles. The summed E-state index contributed by atoms with van der Waals surface area (Å²) in [5, 5.41) is 0. The average Bonchev–Trinajstić information content (AvgIpc) is 2.43. The van der Waals surface area contributed by atoms with Crippen molar-refractivity contribution in [2.45, 2.75) is 38.5 Å². The Hall–Kier alpha value is -1.05. The van der Waals surface area contributed by atoms with E-state index in [2.05, 4.69) is 22.0 Å². The third kappa shape index (κ3) is 3.22. The quantitative estimate of drug-likeness (QED) is 0.698. The van der Waals surface area contributed by atoms with Crippen LogP contribution in [-0.4, -0.2) is 18.1 Å². The van der Waals surface area contributed by atoms with Gasteiger partial charge in [-0.1, -0.05) is 31.7 Å². The standard InChI is InChI=1S/C13H20N2/c1-2-4-8-12-15(11-7-3-1)13-9-5-6-10-14-13/h5-6,9-10H,1-4,7-8,11-12H2. The lowest BCUT2D eigenvalue weighted by Gasteiger charge is -2.22. The van der Waals surface area contributed by atoms with Crippen LogP contribution in [0.25, 0.3) is 0 Å². The van der Waals surface area contributed by atoms with Crippen LogP contribution in [-0.2, 0) is 0 Å². The second-order valence-corrected chi connectivity index (χ2v) is 4.30. The number of hydrogen-bond donors (Lipinski definition) is 0. The third-order valence-corrected chi connectivity index (χ3v) is 3.08. The van der Waals surface area contributed by atoms with Gasteiger partial charge in [-0.15, -0.1) is 0 Å². The summed E-state index contributed by atoms with van der Waals surface area (Å²) in [4.78, 5) is 6.87. The first-order chi connectivity index (χ1) is 7.47. The zero-order chi connectivity index (χ0) is 10.3. The molecule has 1 fully saturated rings. The van der Waals surface area contributed by atoms with Gasteiger partial charge in [-0.05, 0) is 25.0 Å². The van der Waals surface area contributed by atoms with Gasteiger partial charge in [-0.25, -0.2) is 4.98 Å². The number of nitrogens with zero attached hydrogens (tertiary/aromatic N) is 2. The molecule has 2 nitrogen and oxygen atoms in total. The maximum Gasteiger partial charge on any atom is 0.128 e. The molecule has 0 bridgehead atoms. The van der Waals surface area contributed by atoms with Crippen molar-refractivity contribution in [3.63, 3.8) is 0 Å². The SMILES string of the molecule is c1ccc(N2CCCCCCCC2)nc1. The van der Waals surface area contributed by atoms with Gasteiger partial charge in [0.05, 0.1) is 0 Å². The molecule has 0 spiro atoms. The lowest BCUT2D eigenvalue weighted by atomic mass is 10.1. The van der Waals surface area contributed by atoms with Crippen molar-refractivity contribution >= 4 is 5.82 Å². The van der Waals surface area contributed by atoms with Crippen molar-refractivity contribution in [3.05, 3.63) is 24.4 Å². The first kappa shape index (κ1) is 10.5. The van der Waals surface area contributed by atoms with E-state index in [-0.39, 0.29) is 0 Å². The van der Waals surface area contributed by atoms with Gasteiger partial charge in [0, 0.05) is 19.3 Å². The zero-order valence-corrected chi connectivity index (χ0v) is 9.36. The zero-order valence-electron chi connectivity index (χ0n) is 9.36. The fraction of sp³-hybridized carbons (Fsp3) is 0.615. The van der Waals surface area contributed by atoms with Gasteiger partial charge in [-0.2, -0.15) is 0 Å². The molecule has 2 rings (SSSR count). The largest absolute Gasteiger partial charge is 0.357 e. The molecule has 82 valence electrons. The van der Waals surface area contributed by atoms with Crippen molar-refractivity contribution in [1.82, 2.24) is 4.98 Å². The molecule has 0 aromatic carbocycles. The molecule has 0 N–H and O–H groups in total. The van der Waals surface area contributed by atoms with Crippen LogP contribution in [0.5, 0.6) is 0 Å². The van der Waals surface area contributed by atoms with Gasteiger partial charge in [-0.3, -0.25) is 0 Å². The summed E-state index contributed by atoms with van der Waals surface area (Å²) in [6.07, 6.45) is 10.1. The summed E-state index contributed by atoms with van der Waals surface area (Å²) in [5.41, 5.74) is 0. The molecule has 0 saturated carbocycles. The Morgan fingerprint density at radius 2 is 1.53 bits per heavy atom. The van der Waals surface area contributed by atoms with Gasteiger partial charge >= 0.3 is 0 Å². The predicted octanol–water partition coefficient (Wildman–Crippen LogP) is 3.24. The van der Waals surface area contributed by atoms with Crippen LogP contribution in [0.4, 0.5) is 5.82 Å². The number of aromatic nitrogens is 1.